The molecule has 1 fully saturated rings. The molecule has 0 aromatic carbocycles. The van der Waals surface area contributed by atoms with Crippen molar-refractivity contribution in [1.82, 2.24) is 9.55 Å². The monoisotopic (exact) mass is 530 g/mol. The van der Waals surface area contributed by atoms with E-state index in [9.17, 15) is 28.2 Å². The Morgan fingerprint density at radius 3 is 2.39 bits per heavy atom. The molecule has 0 amide bonds. The summed E-state index contributed by atoms with van der Waals surface area (Å²) in [6, 6.07) is 0. The van der Waals surface area contributed by atoms with Crippen LogP contribution in [0.3, 0.4) is 0 Å². The summed E-state index contributed by atoms with van der Waals surface area (Å²) in [5.74, 6) is 0. The molecular weight excluding hydrogens is 517 g/mol. The number of ether oxygens (including phenoxy) is 1. The molecule has 2 heterocycles. The summed E-state index contributed by atoms with van der Waals surface area (Å²) in [5, 5.41) is 0. The third-order valence-electron chi connectivity index (χ3n) is 3.16. The van der Waals surface area contributed by atoms with Crippen LogP contribution in [-0.2, 0) is 31.6 Å². The molecule has 1 aromatic rings. The lowest BCUT2D eigenvalue weighted by molar-refractivity contribution is -0.0244. The Morgan fingerprint density at radius 1 is 1.14 bits per heavy atom. The summed E-state index contributed by atoms with van der Waals surface area (Å²) in [7, 11) is -16.3. The average Bonchev–Trinajstić information content (AvgIpc) is 2.94. The van der Waals surface area contributed by atoms with Crippen molar-refractivity contribution in [2.75, 3.05) is 6.61 Å². The van der Waals surface area contributed by atoms with Crippen LogP contribution < -0.4 is 11.2 Å². The maximum atomic E-state index is 11.8. The zero-order chi connectivity index (χ0) is 21.3. The molecule has 19 heteroatoms. The molecule has 1 aromatic heterocycles. The first kappa shape index (κ1) is 23.8. The van der Waals surface area contributed by atoms with Gasteiger partial charge in [0.25, 0.3) is 5.56 Å². The van der Waals surface area contributed by atoms with Gasteiger partial charge in [0.2, 0.25) is 0 Å². The number of nitrogens with zero attached hydrogens (tertiary/aromatic N) is 1. The lowest BCUT2D eigenvalue weighted by atomic mass is 10.2. The van der Waals surface area contributed by atoms with Gasteiger partial charge in [-0.1, -0.05) is 0 Å². The summed E-state index contributed by atoms with van der Waals surface area (Å²) in [4.78, 5) is 60.5. The van der Waals surface area contributed by atoms with E-state index in [1.54, 1.807) is 0 Å². The number of aromatic nitrogens is 2. The number of halogens is 1. The fraction of sp³-hybridized carbons (Fsp3) is 0.556. The van der Waals surface area contributed by atoms with Gasteiger partial charge in [0, 0.05) is 6.20 Å². The molecule has 15 nitrogen and oxygen atoms in total. The third kappa shape index (κ3) is 7.10. The number of aromatic amines is 1. The summed E-state index contributed by atoms with van der Waals surface area (Å²) in [6.45, 7) is -0.626. The maximum absolute atomic E-state index is 11.8. The number of H-pyrrole nitrogens is 1. The van der Waals surface area contributed by atoms with E-state index in [-0.39, 0.29) is 17.3 Å². The number of phosphoric acid groups is 3. The van der Waals surface area contributed by atoms with Crippen molar-refractivity contribution in [2.24, 2.45) is 0 Å². The minimum atomic E-state index is -5.60. The van der Waals surface area contributed by atoms with Crippen molar-refractivity contribution in [1.29, 1.82) is 0 Å². The Balaban J connectivity index is 1.95. The van der Waals surface area contributed by atoms with E-state index < -0.39 is 53.7 Å². The molecular formula is C9H14BrN2O13P3. The number of hydrogen-bond donors (Lipinski definition) is 5. The van der Waals surface area contributed by atoms with E-state index >= 15 is 0 Å². The van der Waals surface area contributed by atoms with E-state index in [1.165, 1.54) is 6.20 Å². The fourth-order valence-electron chi connectivity index (χ4n) is 2.17. The second kappa shape index (κ2) is 8.72. The Bertz CT molecular complexity index is 984. The van der Waals surface area contributed by atoms with E-state index in [2.05, 4.69) is 34.1 Å². The summed E-state index contributed by atoms with van der Waals surface area (Å²) < 4.78 is 51.6. The van der Waals surface area contributed by atoms with Crippen LogP contribution in [0.25, 0.3) is 0 Å². The van der Waals surface area contributed by atoms with Crippen molar-refractivity contribution >= 4 is 39.4 Å². The molecule has 1 aliphatic heterocycles. The summed E-state index contributed by atoms with van der Waals surface area (Å²) in [6.07, 6.45) is 0.0471. The first-order valence-corrected chi connectivity index (χ1v) is 12.4. The Labute approximate surface area is 163 Å². The van der Waals surface area contributed by atoms with E-state index in [4.69, 9.17) is 19.4 Å². The molecule has 160 valence electrons. The lowest BCUT2D eigenvalue weighted by Gasteiger charge is -2.18. The second-order valence-electron chi connectivity index (χ2n) is 5.32. The van der Waals surface area contributed by atoms with Gasteiger partial charge in [-0.05, 0) is 28.8 Å². The molecule has 0 bridgehead atoms. The third-order valence-corrected chi connectivity index (χ3v) is 7.53. The quantitative estimate of drug-likeness (QED) is 0.286. The fourth-order valence-corrected chi connectivity index (χ4v) is 5.54. The highest BCUT2D eigenvalue weighted by Crippen LogP contribution is 2.66. The van der Waals surface area contributed by atoms with Gasteiger partial charge in [0.1, 0.15) is 6.23 Å². The summed E-state index contributed by atoms with van der Waals surface area (Å²) >= 11 is 2.96. The number of nitrogens with one attached hydrogen (secondary N) is 1. The highest BCUT2D eigenvalue weighted by Gasteiger charge is 2.41. The van der Waals surface area contributed by atoms with Crippen LogP contribution in [0.15, 0.2) is 20.3 Å². The first-order valence-electron chi connectivity index (χ1n) is 7.12. The van der Waals surface area contributed by atoms with Crippen LogP contribution in [0.5, 0.6) is 0 Å². The summed E-state index contributed by atoms with van der Waals surface area (Å²) in [5.41, 5.74) is -1.38. The molecule has 0 radical (unpaired) electrons. The molecule has 1 saturated heterocycles. The van der Waals surface area contributed by atoms with Crippen molar-refractivity contribution in [3.63, 3.8) is 0 Å². The smallest absolute Gasteiger partial charge is 0.352 e. The molecule has 2 rings (SSSR count). The van der Waals surface area contributed by atoms with E-state index in [0.29, 0.717) is 0 Å². The van der Waals surface area contributed by atoms with E-state index in [1.807, 2.05) is 0 Å². The van der Waals surface area contributed by atoms with Crippen LogP contribution in [0.1, 0.15) is 19.1 Å². The molecule has 2 unspecified atom stereocenters. The van der Waals surface area contributed by atoms with E-state index in [0.717, 1.165) is 4.57 Å². The van der Waals surface area contributed by atoms with Gasteiger partial charge in [-0.3, -0.25) is 18.9 Å². The first-order chi connectivity index (χ1) is 12.7. The molecule has 0 saturated carbocycles. The Kier molecular flexibility index (Phi) is 7.41. The van der Waals surface area contributed by atoms with Crippen molar-refractivity contribution in [2.45, 2.75) is 25.2 Å². The largest absolute Gasteiger partial charge is 0.490 e. The number of phosphoric ester groups is 1. The normalized spacial score (nSPS) is 24.6. The van der Waals surface area contributed by atoms with Gasteiger partial charge in [-0.15, -0.1) is 0 Å². The van der Waals surface area contributed by atoms with Crippen molar-refractivity contribution in [3.8, 4) is 0 Å². The minimum Gasteiger partial charge on any atom is -0.352 e. The molecule has 5 N–H and O–H groups in total. The number of hydrogen-bond acceptors (Lipinski definition) is 9. The second-order valence-corrected chi connectivity index (χ2v) is 10.6. The maximum Gasteiger partial charge on any atom is 0.490 e. The zero-order valence-electron chi connectivity index (χ0n) is 13.5. The van der Waals surface area contributed by atoms with Gasteiger partial charge in [-0.25, -0.2) is 18.5 Å². The highest BCUT2D eigenvalue weighted by molar-refractivity contribution is 9.10. The predicted octanol–water partition coefficient (Wildman–Crippen LogP) is 0.320. The molecule has 4 atom stereocenters. The minimum absolute atomic E-state index is 0.0763. The van der Waals surface area contributed by atoms with Crippen LogP contribution >= 0.6 is 39.4 Å². The average molecular weight is 531 g/mol. The zero-order valence-corrected chi connectivity index (χ0v) is 17.8. The molecule has 1 aliphatic rings. The van der Waals surface area contributed by atoms with Gasteiger partial charge < -0.3 is 24.3 Å². The van der Waals surface area contributed by atoms with Crippen LogP contribution in [0.4, 0.5) is 0 Å². The van der Waals surface area contributed by atoms with Crippen LogP contribution in [-0.4, -0.2) is 41.8 Å². The number of rotatable bonds is 8. The van der Waals surface area contributed by atoms with Gasteiger partial charge >= 0.3 is 29.2 Å². The van der Waals surface area contributed by atoms with Gasteiger partial charge in [0.05, 0.1) is 17.2 Å². The van der Waals surface area contributed by atoms with Gasteiger partial charge in [-0.2, -0.15) is 8.62 Å². The lowest BCUT2D eigenvalue weighted by Crippen LogP contribution is -2.32. The Morgan fingerprint density at radius 2 is 1.79 bits per heavy atom. The van der Waals surface area contributed by atoms with Crippen LogP contribution in [0.2, 0.25) is 0 Å². The molecule has 28 heavy (non-hydrogen) atoms. The predicted molar refractivity (Wildman–Crippen MR) is 92.0 cm³/mol. The highest BCUT2D eigenvalue weighted by atomic mass is 79.9. The van der Waals surface area contributed by atoms with Crippen LogP contribution in [0, 0.1) is 0 Å². The Hall–Kier alpha value is -0.470. The van der Waals surface area contributed by atoms with Crippen molar-refractivity contribution < 1.29 is 51.2 Å². The molecule has 0 spiro atoms. The molecule has 0 aliphatic carbocycles. The van der Waals surface area contributed by atoms with Gasteiger partial charge in [0.15, 0.2) is 0 Å². The topological polar surface area (TPSA) is 224 Å². The van der Waals surface area contributed by atoms with Crippen molar-refractivity contribution in [3.05, 3.63) is 31.5 Å². The standard InChI is InChI=1S/C9H14BrN2O13P3/c10-6-3-12(9(14)11-8(6)13)7-2-1-5(23-7)4-22-27(18,19)25-28(20,21)24-26(15,16)17/h3,5,7H,1-2,4H2,(H,18,19)(H,20,21)(H,11,13,14)(H2,15,16,17)/t5-,7+/m0/s1. The SMILES string of the molecule is O=c1[nH]c(=O)n([C@H]2CC[C@@H](COP(=O)(O)OP(=O)(O)OP(=O)(O)O)O2)cc1Br.